The van der Waals surface area contributed by atoms with Crippen LogP contribution in [-0.4, -0.2) is 30.6 Å². The zero-order chi connectivity index (χ0) is 9.19. The van der Waals surface area contributed by atoms with Crippen LogP contribution < -0.4 is 5.32 Å². The molecule has 0 radical (unpaired) electrons. The zero-order valence-electron chi connectivity index (χ0n) is 8.02. The molecular formula is C9H17NO2. The van der Waals surface area contributed by atoms with Crippen LogP contribution in [0.25, 0.3) is 0 Å². The van der Waals surface area contributed by atoms with E-state index in [1.165, 1.54) is 0 Å². The lowest BCUT2D eigenvalue weighted by molar-refractivity contribution is -0.130. The number of ether oxygens (including phenoxy) is 1. The Morgan fingerprint density at radius 2 is 2.42 bits per heavy atom. The van der Waals surface area contributed by atoms with Crippen LogP contribution in [0.15, 0.2) is 0 Å². The van der Waals surface area contributed by atoms with E-state index in [-0.39, 0.29) is 11.9 Å². The van der Waals surface area contributed by atoms with Gasteiger partial charge in [0, 0.05) is 13.0 Å². The van der Waals surface area contributed by atoms with Crippen molar-refractivity contribution in [3.8, 4) is 0 Å². The molecule has 1 fully saturated rings. The fourth-order valence-corrected chi connectivity index (χ4v) is 1.53. The lowest BCUT2D eigenvalue weighted by Gasteiger charge is -2.22. The quantitative estimate of drug-likeness (QED) is 0.680. The number of rotatable bonds is 3. The van der Waals surface area contributed by atoms with E-state index in [0.717, 1.165) is 6.54 Å². The number of hydrogen-bond acceptors (Lipinski definition) is 3. The molecule has 0 aromatic rings. The fourth-order valence-electron chi connectivity index (χ4n) is 1.53. The normalized spacial score (nSPS) is 35.9. The Hall–Kier alpha value is -0.410. The first-order valence-electron chi connectivity index (χ1n) is 4.50. The number of carbonyl (C=O) groups excluding carboxylic acids is 1. The summed E-state index contributed by atoms with van der Waals surface area (Å²) in [6.45, 7) is 7.33. The van der Waals surface area contributed by atoms with Crippen molar-refractivity contribution >= 4 is 5.78 Å². The van der Waals surface area contributed by atoms with E-state index >= 15 is 0 Å². The highest BCUT2D eigenvalue weighted by Crippen LogP contribution is 2.25. The molecule has 1 heterocycles. The second-order valence-electron chi connectivity index (χ2n) is 3.57. The number of hydrogen-bond donors (Lipinski definition) is 1. The fraction of sp³-hybridized carbons (Fsp3) is 0.889. The average molecular weight is 171 g/mol. The molecule has 0 aromatic carbocycles. The Labute approximate surface area is 73.5 Å². The molecule has 2 unspecified atom stereocenters. The van der Waals surface area contributed by atoms with Gasteiger partial charge in [-0.2, -0.15) is 0 Å². The van der Waals surface area contributed by atoms with Crippen molar-refractivity contribution in [2.45, 2.75) is 38.9 Å². The van der Waals surface area contributed by atoms with Gasteiger partial charge in [-0.1, -0.05) is 6.92 Å². The standard InChI is InChI=1S/C9H17NO2/c1-4-10-6-9(3)8(11)5-7(2)12-9/h7,10H,4-6H2,1-3H3. The largest absolute Gasteiger partial charge is 0.363 e. The van der Waals surface area contributed by atoms with Crippen molar-refractivity contribution in [3.05, 3.63) is 0 Å². The van der Waals surface area contributed by atoms with Gasteiger partial charge in [0.25, 0.3) is 0 Å². The molecule has 1 aliphatic rings. The number of nitrogens with one attached hydrogen (secondary N) is 1. The molecule has 0 amide bonds. The smallest absolute Gasteiger partial charge is 0.168 e. The number of likely N-dealkylation sites (N-methyl/N-ethyl adjacent to an activating group) is 1. The molecule has 70 valence electrons. The van der Waals surface area contributed by atoms with Gasteiger partial charge in [0.05, 0.1) is 6.10 Å². The summed E-state index contributed by atoms with van der Waals surface area (Å²) < 4.78 is 5.55. The molecule has 0 saturated carbocycles. The van der Waals surface area contributed by atoms with E-state index in [0.29, 0.717) is 13.0 Å². The maximum Gasteiger partial charge on any atom is 0.168 e. The van der Waals surface area contributed by atoms with Crippen LogP contribution in [0.3, 0.4) is 0 Å². The van der Waals surface area contributed by atoms with E-state index in [1.807, 2.05) is 20.8 Å². The maximum absolute atomic E-state index is 11.4. The van der Waals surface area contributed by atoms with Gasteiger partial charge < -0.3 is 10.1 Å². The third-order valence-corrected chi connectivity index (χ3v) is 2.24. The van der Waals surface area contributed by atoms with Gasteiger partial charge in [-0.05, 0) is 20.4 Å². The molecule has 12 heavy (non-hydrogen) atoms. The highest BCUT2D eigenvalue weighted by molar-refractivity contribution is 5.89. The predicted octanol–water partition coefficient (Wildman–Crippen LogP) is 0.732. The molecule has 1 rings (SSSR count). The number of carbonyl (C=O) groups is 1. The Bertz CT molecular complexity index is 181. The minimum atomic E-state index is -0.574. The van der Waals surface area contributed by atoms with Gasteiger partial charge in [0.1, 0.15) is 5.60 Å². The van der Waals surface area contributed by atoms with E-state index in [1.54, 1.807) is 0 Å². The Balaban J connectivity index is 2.52. The zero-order valence-corrected chi connectivity index (χ0v) is 8.02. The first kappa shape index (κ1) is 9.68. The minimum Gasteiger partial charge on any atom is -0.363 e. The van der Waals surface area contributed by atoms with Crippen molar-refractivity contribution in [2.75, 3.05) is 13.1 Å². The summed E-state index contributed by atoms with van der Waals surface area (Å²) in [7, 11) is 0. The summed E-state index contributed by atoms with van der Waals surface area (Å²) in [6.07, 6.45) is 0.642. The van der Waals surface area contributed by atoms with Crippen molar-refractivity contribution in [1.29, 1.82) is 0 Å². The molecule has 0 aliphatic carbocycles. The van der Waals surface area contributed by atoms with Crippen molar-refractivity contribution in [1.82, 2.24) is 5.32 Å². The molecule has 1 saturated heterocycles. The number of ketones is 1. The van der Waals surface area contributed by atoms with Crippen LogP contribution in [0.1, 0.15) is 27.2 Å². The summed E-state index contributed by atoms with van der Waals surface area (Å²) in [5.74, 6) is 0.218. The second-order valence-corrected chi connectivity index (χ2v) is 3.57. The first-order valence-corrected chi connectivity index (χ1v) is 4.50. The number of Topliss-reactive ketones (excluding diaryl/α,β-unsaturated/α-hetero) is 1. The SMILES string of the molecule is CCNCC1(C)OC(C)CC1=O. The van der Waals surface area contributed by atoms with E-state index in [4.69, 9.17) is 4.74 Å². The van der Waals surface area contributed by atoms with Gasteiger partial charge in [0.15, 0.2) is 5.78 Å². The van der Waals surface area contributed by atoms with Crippen molar-refractivity contribution in [3.63, 3.8) is 0 Å². The summed E-state index contributed by atoms with van der Waals surface area (Å²) in [5.41, 5.74) is -0.574. The van der Waals surface area contributed by atoms with Gasteiger partial charge in [0.2, 0.25) is 0 Å². The van der Waals surface area contributed by atoms with Crippen molar-refractivity contribution in [2.24, 2.45) is 0 Å². The van der Waals surface area contributed by atoms with Crippen LogP contribution >= 0.6 is 0 Å². The Morgan fingerprint density at radius 3 is 2.83 bits per heavy atom. The molecule has 3 nitrogen and oxygen atoms in total. The Morgan fingerprint density at radius 1 is 1.75 bits per heavy atom. The topological polar surface area (TPSA) is 38.3 Å². The highest BCUT2D eigenvalue weighted by atomic mass is 16.5. The van der Waals surface area contributed by atoms with E-state index in [9.17, 15) is 4.79 Å². The van der Waals surface area contributed by atoms with Gasteiger partial charge in [-0.15, -0.1) is 0 Å². The molecule has 3 heteroatoms. The summed E-state index contributed by atoms with van der Waals surface area (Å²) >= 11 is 0. The molecule has 1 aliphatic heterocycles. The minimum absolute atomic E-state index is 0.0844. The van der Waals surface area contributed by atoms with Crippen LogP contribution in [0.4, 0.5) is 0 Å². The summed E-state index contributed by atoms with van der Waals surface area (Å²) in [6, 6.07) is 0. The lowest BCUT2D eigenvalue weighted by atomic mass is 10.0. The predicted molar refractivity (Wildman–Crippen MR) is 47.1 cm³/mol. The summed E-state index contributed by atoms with van der Waals surface area (Å²) in [5, 5.41) is 3.14. The third kappa shape index (κ3) is 1.84. The van der Waals surface area contributed by atoms with Crippen LogP contribution in [-0.2, 0) is 9.53 Å². The third-order valence-electron chi connectivity index (χ3n) is 2.24. The molecule has 0 bridgehead atoms. The monoisotopic (exact) mass is 171 g/mol. The van der Waals surface area contributed by atoms with E-state index < -0.39 is 5.60 Å². The molecule has 2 atom stereocenters. The van der Waals surface area contributed by atoms with Crippen LogP contribution in [0.2, 0.25) is 0 Å². The Kier molecular flexibility index (Phi) is 2.85. The first-order chi connectivity index (χ1) is 5.58. The van der Waals surface area contributed by atoms with Gasteiger partial charge in [-0.25, -0.2) is 0 Å². The maximum atomic E-state index is 11.4. The summed E-state index contributed by atoms with van der Waals surface area (Å²) in [4.78, 5) is 11.4. The molecule has 1 N–H and O–H groups in total. The molecule has 0 aromatic heterocycles. The van der Waals surface area contributed by atoms with Gasteiger partial charge in [-0.3, -0.25) is 4.79 Å². The molecule has 0 spiro atoms. The second kappa shape index (κ2) is 3.54. The van der Waals surface area contributed by atoms with E-state index in [2.05, 4.69) is 5.32 Å². The highest BCUT2D eigenvalue weighted by Gasteiger charge is 2.41. The van der Waals surface area contributed by atoms with Gasteiger partial charge >= 0.3 is 0 Å². The molecular weight excluding hydrogens is 154 g/mol. The average Bonchev–Trinajstić information content (AvgIpc) is 2.23. The van der Waals surface area contributed by atoms with Crippen LogP contribution in [0.5, 0.6) is 0 Å². The van der Waals surface area contributed by atoms with Crippen molar-refractivity contribution < 1.29 is 9.53 Å². The van der Waals surface area contributed by atoms with Crippen LogP contribution in [0, 0.1) is 0 Å². The lowest BCUT2D eigenvalue weighted by Crippen LogP contribution is -2.43.